The molecule has 0 heterocycles. The lowest BCUT2D eigenvalue weighted by atomic mass is 10.1. The molecule has 1 aromatic rings. The fraction of sp³-hybridized carbons (Fsp3) is 0.231. The minimum absolute atomic E-state index is 0.127. The van der Waals surface area contributed by atoms with E-state index >= 15 is 0 Å². The van der Waals surface area contributed by atoms with Crippen LogP contribution in [0.4, 0.5) is 4.79 Å². The maximum absolute atomic E-state index is 11.5. The second-order valence-corrected chi connectivity index (χ2v) is 3.72. The van der Waals surface area contributed by atoms with Gasteiger partial charge in [-0.2, -0.15) is 0 Å². The highest BCUT2D eigenvalue weighted by Gasteiger charge is 2.18. The Morgan fingerprint density at radius 1 is 1.33 bits per heavy atom. The van der Waals surface area contributed by atoms with Gasteiger partial charge < -0.3 is 15.2 Å². The lowest BCUT2D eigenvalue weighted by molar-refractivity contribution is -0.146. The maximum Gasteiger partial charge on any atom is 0.404 e. The van der Waals surface area contributed by atoms with E-state index in [-0.39, 0.29) is 12.2 Å². The smallest absolute Gasteiger partial charge is 0.404 e. The number of benzene rings is 1. The molecular weight excluding hydrogens is 234 g/mol. The Bertz CT molecular complexity index is 442. The highest BCUT2D eigenvalue weighted by molar-refractivity contribution is 5.87. The Labute approximate surface area is 105 Å². The molecule has 1 unspecified atom stereocenters. The van der Waals surface area contributed by atoms with Crippen LogP contribution in [0.1, 0.15) is 18.6 Å². The summed E-state index contributed by atoms with van der Waals surface area (Å²) in [5.41, 5.74) is 5.88. The van der Waals surface area contributed by atoms with E-state index in [1.165, 1.54) is 0 Å². The zero-order chi connectivity index (χ0) is 13.5. The molecular formula is C13H15NO4. The molecule has 1 amide bonds. The third-order valence-corrected chi connectivity index (χ3v) is 2.15. The zero-order valence-corrected chi connectivity index (χ0v) is 10.1. The molecule has 0 aliphatic rings. The van der Waals surface area contributed by atoms with Gasteiger partial charge in [-0.15, -0.1) is 0 Å². The predicted octanol–water partition coefficient (Wildman–Crippen LogP) is 1.94. The third kappa shape index (κ3) is 4.29. The second kappa shape index (κ2) is 6.44. The number of rotatable bonds is 5. The molecule has 96 valence electrons. The van der Waals surface area contributed by atoms with E-state index in [9.17, 15) is 9.59 Å². The number of nitrogens with two attached hydrogens (primary N) is 1. The van der Waals surface area contributed by atoms with E-state index < -0.39 is 18.2 Å². The first-order valence-electron chi connectivity index (χ1n) is 5.34. The second-order valence-electron chi connectivity index (χ2n) is 3.72. The molecule has 0 aliphatic carbocycles. The molecule has 0 aromatic heterocycles. The van der Waals surface area contributed by atoms with Crippen LogP contribution in [0.3, 0.4) is 0 Å². The molecule has 5 heteroatoms. The van der Waals surface area contributed by atoms with Gasteiger partial charge in [-0.25, -0.2) is 9.59 Å². The maximum atomic E-state index is 11.5. The largest absolute Gasteiger partial charge is 0.450 e. The number of hydrogen-bond acceptors (Lipinski definition) is 4. The van der Waals surface area contributed by atoms with Crippen molar-refractivity contribution in [2.24, 2.45) is 5.73 Å². The van der Waals surface area contributed by atoms with E-state index in [2.05, 4.69) is 11.3 Å². The topological polar surface area (TPSA) is 78.6 Å². The Kier molecular flexibility index (Phi) is 4.92. The molecule has 0 fully saturated rings. The molecule has 0 radical (unpaired) electrons. The lowest BCUT2D eigenvalue weighted by Crippen LogP contribution is -2.21. The normalized spacial score (nSPS) is 11.4. The van der Waals surface area contributed by atoms with Gasteiger partial charge in [0.05, 0.1) is 0 Å². The average molecular weight is 249 g/mol. The molecule has 0 bridgehead atoms. The van der Waals surface area contributed by atoms with Crippen LogP contribution in [-0.2, 0) is 14.3 Å². The van der Waals surface area contributed by atoms with Gasteiger partial charge in [-0.05, 0) is 12.5 Å². The van der Waals surface area contributed by atoms with Crippen molar-refractivity contribution in [1.29, 1.82) is 0 Å². The summed E-state index contributed by atoms with van der Waals surface area (Å²) in [6, 6.07) is 8.94. The van der Waals surface area contributed by atoms with Crippen LogP contribution in [0.5, 0.6) is 0 Å². The van der Waals surface area contributed by atoms with E-state index in [4.69, 9.17) is 10.5 Å². The SMILES string of the molecule is C=C(C)C(=O)OC(COC(N)=O)c1ccccc1. The van der Waals surface area contributed by atoms with E-state index in [1.807, 2.05) is 6.07 Å². The van der Waals surface area contributed by atoms with Crippen LogP contribution in [0.15, 0.2) is 42.5 Å². The third-order valence-electron chi connectivity index (χ3n) is 2.15. The summed E-state index contributed by atoms with van der Waals surface area (Å²) in [5, 5.41) is 0. The van der Waals surface area contributed by atoms with E-state index in [1.54, 1.807) is 31.2 Å². The van der Waals surface area contributed by atoms with Crippen molar-refractivity contribution in [3.05, 3.63) is 48.0 Å². The Morgan fingerprint density at radius 2 is 1.94 bits per heavy atom. The molecule has 1 aromatic carbocycles. The molecule has 1 rings (SSSR count). The quantitative estimate of drug-likeness (QED) is 0.639. The molecule has 0 spiro atoms. The minimum atomic E-state index is -0.915. The fourth-order valence-electron chi connectivity index (χ4n) is 1.25. The first-order valence-corrected chi connectivity index (χ1v) is 5.34. The van der Waals surface area contributed by atoms with Crippen molar-refractivity contribution in [3.63, 3.8) is 0 Å². The van der Waals surface area contributed by atoms with Gasteiger partial charge in [-0.3, -0.25) is 0 Å². The van der Waals surface area contributed by atoms with Crippen molar-refractivity contribution in [2.75, 3.05) is 6.61 Å². The number of amides is 1. The van der Waals surface area contributed by atoms with Crippen LogP contribution in [-0.4, -0.2) is 18.7 Å². The van der Waals surface area contributed by atoms with Crippen LogP contribution >= 0.6 is 0 Å². The average Bonchev–Trinajstić information content (AvgIpc) is 2.34. The van der Waals surface area contributed by atoms with Crippen LogP contribution in [0.2, 0.25) is 0 Å². The Balaban J connectivity index is 2.78. The number of carbonyl (C=O) groups is 2. The van der Waals surface area contributed by atoms with Crippen molar-refractivity contribution in [2.45, 2.75) is 13.0 Å². The van der Waals surface area contributed by atoms with Crippen LogP contribution in [0, 0.1) is 0 Å². The predicted molar refractivity (Wildman–Crippen MR) is 65.6 cm³/mol. The summed E-state index contributed by atoms with van der Waals surface area (Å²) in [4.78, 5) is 22.1. The summed E-state index contributed by atoms with van der Waals surface area (Å²) in [6.07, 6.45) is -1.61. The van der Waals surface area contributed by atoms with Crippen molar-refractivity contribution in [1.82, 2.24) is 0 Å². The number of esters is 1. The van der Waals surface area contributed by atoms with Gasteiger partial charge in [0, 0.05) is 5.57 Å². The van der Waals surface area contributed by atoms with Gasteiger partial charge >= 0.3 is 12.1 Å². The summed E-state index contributed by atoms with van der Waals surface area (Å²) in [7, 11) is 0. The molecule has 0 saturated heterocycles. The first-order chi connectivity index (χ1) is 8.50. The van der Waals surface area contributed by atoms with Crippen molar-refractivity contribution in [3.8, 4) is 0 Å². The summed E-state index contributed by atoms with van der Waals surface area (Å²) < 4.78 is 9.85. The van der Waals surface area contributed by atoms with Crippen LogP contribution < -0.4 is 5.73 Å². The van der Waals surface area contributed by atoms with Gasteiger partial charge in [-0.1, -0.05) is 36.9 Å². The number of carbonyl (C=O) groups excluding carboxylic acids is 2. The molecule has 2 N–H and O–H groups in total. The Hall–Kier alpha value is -2.30. The first kappa shape index (κ1) is 13.8. The number of primary amides is 1. The van der Waals surface area contributed by atoms with E-state index in [0.29, 0.717) is 5.56 Å². The molecule has 0 aliphatic heterocycles. The molecule has 18 heavy (non-hydrogen) atoms. The highest BCUT2D eigenvalue weighted by atomic mass is 16.6. The number of ether oxygens (including phenoxy) is 2. The molecule has 5 nitrogen and oxygen atoms in total. The monoisotopic (exact) mass is 249 g/mol. The lowest BCUT2D eigenvalue weighted by Gasteiger charge is -2.17. The Morgan fingerprint density at radius 3 is 2.44 bits per heavy atom. The van der Waals surface area contributed by atoms with Gasteiger partial charge in [0.25, 0.3) is 0 Å². The van der Waals surface area contributed by atoms with Crippen LogP contribution in [0.25, 0.3) is 0 Å². The van der Waals surface area contributed by atoms with E-state index in [0.717, 1.165) is 0 Å². The van der Waals surface area contributed by atoms with Gasteiger partial charge in [0.2, 0.25) is 0 Å². The molecule has 0 saturated carbocycles. The standard InChI is InChI=1S/C13H15NO4/c1-9(2)12(15)18-11(8-17-13(14)16)10-6-4-3-5-7-10/h3-7,11H,1,8H2,2H3,(H2,14,16). The molecule has 1 atom stereocenters. The highest BCUT2D eigenvalue weighted by Crippen LogP contribution is 2.18. The fourth-order valence-corrected chi connectivity index (χ4v) is 1.25. The summed E-state index contributed by atoms with van der Waals surface area (Å²) in [5.74, 6) is -0.545. The van der Waals surface area contributed by atoms with Gasteiger partial charge in [0.15, 0.2) is 6.10 Å². The minimum Gasteiger partial charge on any atom is -0.450 e. The van der Waals surface area contributed by atoms with Gasteiger partial charge in [0.1, 0.15) is 6.61 Å². The zero-order valence-electron chi connectivity index (χ0n) is 10.1. The summed E-state index contributed by atoms with van der Waals surface area (Å²) in [6.45, 7) is 4.90. The van der Waals surface area contributed by atoms with Crippen molar-refractivity contribution >= 4 is 12.1 Å². The summed E-state index contributed by atoms with van der Waals surface area (Å²) >= 11 is 0. The van der Waals surface area contributed by atoms with Crippen molar-refractivity contribution < 1.29 is 19.1 Å². The number of hydrogen-bond donors (Lipinski definition) is 1.